The van der Waals surface area contributed by atoms with E-state index in [4.69, 9.17) is 4.74 Å². The normalized spacial score (nSPS) is 22.3. The summed E-state index contributed by atoms with van der Waals surface area (Å²) in [5.74, 6) is 0.741. The number of benzene rings is 2. The highest BCUT2D eigenvalue weighted by Crippen LogP contribution is 2.50. The van der Waals surface area contributed by atoms with Gasteiger partial charge in [-0.2, -0.15) is 23.5 Å². The number of aromatic nitrogens is 5. The zero-order chi connectivity index (χ0) is 34.1. The molecule has 2 aromatic carbocycles. The van der Waals surface area contributed by atoms with E-state index in [-0.39, 0.29) is 33.7 Å². The zero-order valence-electron chi connectivity index (χ0n) is 27.6. The Morgan fingerprint density at radius 1 is 1.08 bits per heavy atom. The molecule has 4 aromatic rings. The van der Waals surface area contributed by atoms with Crippen LogP contribution in [-0.4, -0.2) is 67.3 Å². The number of carbonyl (C=O) groups excluding carboxylic acids is 1. The summed E-state index contributed by atoms with van der Waals surface area (Å²) in [4.78, 5) is 16.2. The number of nitrogens with zero attached hydrogens (tertiary/aromatic N) is 8. The zero-order valence-corrected chi connectivity index (χ0v) is 27.6. The summed E-state index contributed by atoms with van der Waals surface area (Å²) in [5, 5.41) is 22.5. The van der Waals surface area contributed by atoms with Crippen LogP contribution >= 0.6 is 0 Å². The van der Waals surface area contributed by atoms with Crippen LogP contribution < -0.4 is 4.90 Å². The van der Waals surface area contributed by atoms with E-state index in [9.17, 15) is 23.2 Å². The summed E-state index contributed by atoms with van der Waals surface area (Å²) >= 11 is 0. The number of carbonyl (C=O) groups is 1. The summed E-state index contributed by atoms with van der Waals surface area (Å²) in [5.41, 5.74) is 0.755. The van der Waals surface area contributed by atoms with Crippen LogP contribution in [0.3, 0.4) is 0 Å². The number of hydrogen-bond acceptors (Lipinski definition) is 7. The summed E-state index contributed by atoms with van der Waals surface area (Å²) < 4.78 is 52.4. The van der Waals surface area contributed by atoms with Gasteiger partial charge in [0.15, 0.2) is 0 Å². The van der Waals surface area contributed by atoms with Gasteiger partial charge in [-0.25, -0.2) is 9.48 Å². The van der Waals surface area contributed by atoms with E-state index in [1.54, 1.807) is 17.3 Å². The number of fused-ring (bicyclic) bond motifs is 1. The van der Waals surface area contributed by atoms with Crippen molar-refractivity contribution >= 4 is 22.7 Å². The number of ether oxygens (including phenoxy) is 1. The number of aryl methyl sites for hydroxylation is 1. The Kier molecular flexibility index (Phi) is 7.49. The van der Waals surface area contributed by atoms with Crippen molar-refractivity contribution in [3.8, 4) is 11.8 Å². The summed E-state index contributed by atoms with van der Waals surface area (Å²) in [6, 6.07) is 13.0. The molecule has 0 N–H and O–H groups in total. The van der Waals surface area contributed by atoms with Gasteiger partial charge in [0.2, 0.25) is 0 Å². The molecule has 7 rings (SSSR count). The molecule has 1 aliphatic carbocycles. The monoisotopic (exact) mass is 660 g/mol. The van der Waals surface area contributed by atoms with Gasteiger partial charge in [-0.1, -0.05) is 12.1 Å². The fraction of sp³-hybridized carbons (Fsp3) is 0.514. The van der Waals surface area contributed by atoms with Crippen molar-refractivity contribution < 1.29 is 22.7 Å². The fourth-order valence-corrected chi connectivity index (χ4v) is 7.62. The smallest absolute Gasteiger partial charge is 0.417 e. The Morgan fingerprint density at radius 3 is 2.44 bits per heavy atom. The van der Waals surface area contributed by atoms with E-state index in [2.05, 4.69) is 21.4 Å². The van der Waals surface area contributed by atoms with Crippen molar-refractivity contribution in [2.75, 3.05) is 31.1 Å². The van der Waals surface area contributed by atoms with Crippen LogP contribution in [-0.2, 0) is 29.8 Å². The molecule has 48 heavy (non-hydrogen) atoms. The first-order valence-electron chi connectivity index (χ1n) is 16.3. The van der Waals surface area contributed by atoms with Crippen LogP contribution in [0.5, 0.6) is 0 Å². The SMILES string of the molecule is Cn1cnnc1CC1(c2cccc(-n3cc4c(C(F)(F)F)cc(N5CC6(CCN(C(=O)OC(C)(C)C)CC6)C5)cc4n3)c2)CC(C#N)C1. The highest BCUT2D eigenvalue weighted by molar-refractivity contribution is 5.87. The van der Waals surface area contributed by atoms with Crippen molar-refractivity contribution in [2.45, 2.75) is 70.1 Å². The van der Waals surface area contributed by atoms with Gasteiger partial charge in [-0.15, -0.1) is 10.2 Å². The molecule has 13 heteroatoms. The lowest BCUT2D eigenvalue weighted by molar-refractivity contribution is -0.136. The molecule has 4 heterocycles. The first-order valence-corrected chi connectivity index (χ1v) is 16.3. The standard InChI is InChI=1S/C35H39F3N8O2/c1-32(2,3)48-31(47)44-10-8-33(9-11-44)20-45(21-33)26-13-28(35(36,37)38)27-19-46(42-29(27)14-26)25-7-5-6-24(12-25)34(15-23(16-34)18-39)17-30-41-40-22-43(30)4/h5-7,12-14,19,22-23H,8-11,15-17,20-21H2,1-4H3. The minimum absolute atomic E-state index is 0.0412. The number of halogens is 3. The molecule has 3 fully saturated rings. The Labute approximate surface area is 277 Å². The molecule has 252 valence electrons. The Balaban J connectivity index is 1.13. The van der Waals surface area contributed by atoms with Crippen molar-refractivity contribution in [3.63, 3.8) is 0 Å². The Bertz CT molecular complexity index is 1890. The third kappa shape index (κ3) is 5.86. The molecule has 0 radical (unpaired) electrons. The lowest BCUT2D eigenvalue weighted by Crippen LogP contribution is -2.61. The Morgan fingerprint density at radius 2 is 1.81 bits per heavy atom. The third-order valence-electron chi connectivity index (χ3n) is 10.3. The number of amides is 1. The van der Waals surface area contributed by atoms with Crippen LogP contribution in [0.15, 0.2) is 48.9 Å². The van der Waals surface area contributed by atoms with Crippen LogP contribution in [0.4, 0.5) is 23.7 Å². The van der Waals surface area contributed by atoms with Gasteiger partial charge in [0.25, 0.3) is 0 Å². The largest absolute Gasteiger partial charge is 0.444 e. The number of nitriles is 1. The molecule has 0 atom stereocenters. The van der Waals surface area contributed by atoms with Gasteiger partial charge in [-0.3, -0.25) is 0 Å². The maximum absolute atomic E-state index is 14.5. The molecular formula is C35H39F3N8O2. The number of rotatable bonds is 5. The number of anilines is 1. The van der Waals surface area contributed by atoms with Gasteiger partial charge < -0.3 is 19.1 Å². The van der Waals surface area contributed by atoms with E-state index >= 15 is 0 Å². The minimum Gasteiger partial charge on any atom is -0.444 e. The van der Waals surface area contributed by atoms with Crippen LogP contribution in [0.2, 0.25) is 0 Å². The van der Waals surface area contributed by atoms with Gasteiger partial charge >= 0.3 is 12.3 Å². The topological polar surface area (TPSA) is 105 Å². The molecule has 2 aromatic heterocycles. The van der Waals surface area contributed by atoms with E-state index in [1.807, 2.05) is 61.6 Å². The molecule has 0 unspecified atom stereocenters. The molecular weight excluding hydrogens is 621 g/mol. The molecule has 1 saturated carbocycles. The first-order chi connectivity index (χ1) is 22.7. The lowest BCUT2D eigenvalue weighted by Gasteiger charge is -2.55. The third-order valence-corrected chi connectivity index (χ3v) is 10.3. The van der Waals surface area contributed by atoms with Crippen molar-refractivity contribution in [2.24, 2.45) is 18.4 Å². The highest BCUT2D eigenvalue weighted by Gasteiger charge is 2.48. The van der Waals surface area contributed by atoms with E-state index < -0.39 is 17.3 Å². The van der Waals surface area contributed by atoms with Crippen molar-refractivity contribution in [3.05, 3.63) is 65.9 Å². The molecule has 2 aliphatic heterocycles. The van der Waals surface area contributed by atoms with Gasteiger partial charge in [-0.05, 0) is 76.3 Å². The quantitative estimate of drug-likeness (QED) is 0.243. The summed E-state index contributed by atoms with van der Waals surface area (Å²) in [6.45, 7) is 7.89. The van der Waals surface area contributed by atoms with E-state index in [0.717, 1.165) is 24.2 Å². The van der Waals surface area contributed by atoms with Gasteiger partial charge in [0.05, 0.1) is 22.8 Å². The Hall–Kier alpha value is -4.60. The molecule has 1 amide bonds. The second-order valence-electron chi connectivity index (χ2n) is 14.9. The minimum atomic E-state index is -4.57. The molecule has 3 aliphatic rings. The number of likely N-dealkylation sites (tertiary alicyclic amines) is 1. The number of hydrogen-bond donors (Lipinski definition) is 0. The maximum Gasteiger partial charge on any atom is 0.417 e. The average Bonchev–Trinajstić information content (AvgIpc) is 3.61. The number of piperidine rings is 1. The molecule has 1 spiro atoms. The molecule has 10 nitrogen and oxygen atoms in total. The predicted octanol–water partition coefficient (Wildman–Crippen LogP) is 6.42. The second-order valence-corrected chi connectivity index (χ2v) is 14.9. The summed E-state index contributed by atoms with van der Waals surface area (Å²) in [6.07, 6.45) is 1.70. The molecule has 2 saturated heterocycles. The fourth-order valence-electron chi connectivity index (χ4n) is 7.62. The van der Waals surface area contributed by atoms with Crippen LogP contribution in [0, 0.1) is 22.7 Å². The van der Waals surface area contributed by atoms with Crippen molar-refractivity contribution in [1.29, 1.82) is 5.26 Å². The van der Waals surface area contributed by atoms with Crippen LogP contribution in [0.1, 0.15) is 63.4 Å². The molecule has 0 bridgehead atoms. The second kappa shape index (κ2) is 11.2. The summed E-state index contributed by atoms with van der Waals surface area (Å²) in [7, 11) is 1.89. The van der Waals surface area contributed by atoms with E-state index in [1.165, 1.54) is 16.9 Å². The van der Waals surface area contributed by atoms with E-state index in [0.29, 0.717) is 56.8 Å². The maximum atomic E-state index is 14.5. The predicted molar refractivity (Wildman–Crippen MR) is 172 cm³/mol. The van der Waals surface area contributed by atoms with Crippen molar-refractivity contribution in [1.82, 2.24) is 29.4 Å². The van der Waals surface area contributed by atoms with Gasteiger partial charge in [0.1, 0.15) is 17.8 Å². The van der Waals surface area contributed by atoms with Crippen LogP contribution in [0.25, 0.3) is 16.6 Å². The highest BCUT2D eigenvalue weighted by atomic mass is 19.4. The number of alkyl halides is 3. The first kappa shape index (κ1) is 32.0. The lowest BCUT2D eigenvalue weighted by atomic mass is 9.57. The van der Waals surface area contributed by atoms with Gasteiger partial charge in [0, 0.05) is 73.7 Å². The average molecular weight is 661 g/mol.